The fourth-order valence-corrected chi connectivity index (χ4v) is 5.71. The third kappa shape index (κ3) is 3.15. The maximum absolute atomic E-state index is 12.9. The molecule has 3 aromatic rings. The zero-order valence-corrected chi connectivity index (χ0v) is 17.7. The van der Waals surface area contributed by atoms with Crippen LogP contribution in [0.1, 0.15) is 30.0 Å². The topological polar surface area (TPSA) is 108 Å². The Kier molecular flexibility index (Phi) is 4.35. The van der Waals surface area contributed by atoms with Gasteiger partial charge in [0.25, 0.3) is 0 Å². The first-order valence-electron chi connectivity index (χ1n) is 10.00. The molecule has 5 rings (SSSR count). The van der Waals surface area contributed by atoms with E-state index in [9.17, 15) is 13.2 Å². The molecule has 0 atom stereocenters. The minimum atomic E-state index is -3.02. The second-order valence-electron chi connectivity index (χ2n) is 8.00. The van der Waals surface area contributed by atoms with Gasteiger partial charge < -0.3 is 10.1 Å². The van der Waals surface area contributed by atoms with Gasteiger partial charge in [0.05, 0.1) is 24.3 Å². The Morgan fingerprint density at radius 3 is 2.77 bits per heavy atom. The molecule has 0 bridgehead atoms. The molecule has 1 aromatic carbocycles. The van der Waals surface area contributed by atoms with Crippen LogP contribution in [0, 0.1) is 6.92 Å². The largest absolute Gasteiger partial charge is 0.493 e. The number of rotatable bonds is 3. The van der Waals surface area contributed by atoms with Crippen LogP contribution in [0.2, 0.25) is 0 Å². The van der Waals surface area contributed by atoms with Crippen LogP contribution in [0.25, 0.3) is 11.2 Å². The normalized spacial score (nSPS) is 18.3. The van der Waals surface area contributed by atoms with Crippen LogP contribution in [0.4, 0.5) is 11.6 Å². The quantitative estimate of drug-likeness (QED) is 0.677. The number of benzene rings is 1. The van der Waals surface area contributed by atoms with E-state index in [4.69, 9.17) is 4.74 Å². The molecule has 9 nitrogen and oxygen atoms in total. The number of sulfone groups is 1. The van der Waals surface area contributed by atoms with Crippen molar-refractivity contribution in [2.75, 3.05) is 23.4 Å². The van der Waals surface area contributed by atoms with Gasteiger partial charge in [0.15, 0.2) is 5.65 Å². The summed E-state index contributed by atoms with van der Waals surface area (Å²) in [4.78, 5) is 21.9. The van der Waals surface area contributed by atoms with Gasteiger partial charge in [0.1, 0.15) is 21.1 Å². The zero-order chi connectivity index (χ0) is 21.0. The van der Waals surface area contributed by atoms with E-state index in [1.807, 2.05) is 13.0 Å². The minimum absolute atomic E-state index is 0.0904. The van der Waals surface area contributed by atoms with Crippen molar-refractivity contribution in [1.29, 1.82) is 0 Å². The van der Waals surface area contributed by atoms with Gasteiger partial charge in [-0.1, -0.05) is 0 Å². The van der Waals surface area contributed by atoms with Crippen LogP contribution in [0.15, 0.2) is 23.1 Å². The molecule has 1 fully saturated rings. The number of nitrogens with zero attached hydrogens (tertiary/aromatic N) is 4. The van der Waals surface area contributed by atoms with E-state index < -0.39 is 9.84 Å². The van der Waals surface area contributed by atoms with Crippen molar-refractivity contribution in [1.82, 2.24) is 19.1 Å². The summed E-state index contributed by atoms with van der Waals surface area (Å²) in [6.45, 7) is 2.68. The van der Waals surface area contributed by atoms with Crippen LogP contribution < -0.4 is 15.7 Å². The van der Waals surface area contributed by atoms with E-state index in [0.717, 1.165) is 29.0 Å². The fraction of sp³-hybridized carbons (Fsp3) is 0.450. The summed E-state index contributed by atoms with van der Waals surface area (Å²) in [5, 5.41) is 3.27. The number of anilines is 2. The number of imidazole rings is 1. The highest BCUT2D eigenvalue weighted by molar-refractivity contribution is 7.91. The van der Waals surface area contributed by atoms with Crippen molar-refractivity contribution in [2.45, 2.75) is 32.2 Å². The van der Waals surface area contributed by atoms with Crippen molar-refractivity contribution in [3.63, 3.8) is 0 Å². The summed E-state index contributed by atoms with van der Waals surface area (Å²) >= 11 is 0. The molecule has 2 aliphatic rings. The molecular weight excluding hydrogens is 406 g/mol. The number of aryl methyl sites for hydroxylation is 2. The number of hydrogen-bond acceptors (Lipinski definition) is 7. The highest BCUT2D eigenvalue weighted by Gasteiger charge is 2.28. The van der Waals surface area contributed by atoms with E-state index in [0.29, 0.717) is 36.6 Å². The molecule has 4 heterocycles. The Labute approximate surface area is 173 Å². The molecular formula is C20H23N5O4S. The second-order valence-corrected chi connectivity index (χ2v) is 10.3. The van der Waals surface area contributed by atoms with Gasteiger partial charge in [0, 0.05) is 25.2 Å². The predicted molar refractivity (Wildman–Crippen MR) is 113 cm³/mol. The lowest BCUT2D eigenvalue weighted by atomic mass is 10.1. The van der Waals surface area contributed by atoms with E-state index >= 15 is 0 Å². The number of fused-ring (bicyclic) bond motifs is 2. The van der Waals surface area contributed by atoms with Crippen molar-refractivity contribution in [3.05, 3.63) is 39.9 Å². The average Bonchev–Trinajstić information content (AvgIpc) is 3.25. The third-order valence-corrected chi connectivity index (χ3v) is 7.72. The van der Waals surface area contributed by atoms with Gasteiger partial charge in [-0.25, -0.2) is 18.2 Å². The molecule has 2 aromatic heterocycles. The number of hydrogen-bond donors (Lipinski definition) is 1. The molecule has 2 aliphatic heterocycles. The maximum Gasteiger partial charge on any atom is 0.330 e. The van der Waals surface area contributed by atoms with E-state index in [-0.39, 0.29) is 23.2 Å². The van der Waals surface area contributed by atoms with Gasteiger partial charge in [-0.3, -0.25) is 9.13 Å². The van der Waals surface area contributed by atoms with Crippen LogP contribution in [-0.4, -0.2) is 45.6 Å². The Hall–Kier alpha value is -2.88. The smallest absolute Gasteiger partial charge is 0.330 e. The molecule has 1 N–H and O–H groups in total. The zero-order valence-electron chi connectivity index (χ0n) is 16.9. The van der Waals surface area contributed by atoms with Gasteiger partial charge in [-0.05, 0) is 43.0 Å². The molecule has 158 valence electrons. The van der Waals surface area contributed by atoms with Crippen LogP contribution in [0.5, 0.6) is 5.75 Å². The first-order valence-corrected chi connectivity index (χ1v) is 11.8. The van der Waals surface area contributed by atoms with Crippen LogP contribution in [-0.2, 0) is 23.3 Å². The van der Waals surface area contributed by atoms with E-state index in [1.54, 1.807) is 17.8 Å². The van der Waals surface area contributed by atoms with E-state index in [1.165, 1.54) is 4.57 Å². The molecule has 30 heavy (non-hydrogen) atoms. The molecule has 10 heteroatoms. The Morgan fingerprint density at radius 2 is 2.00 bits per heavy atom. The number of ether oxygens (including phenoxy) is 1. The number of nitrogens with one attached hydrogen (secondary N) is 1. The summed E-state index contributed by atoms with van der Waals surface area (Å²) in [5.74, 6) is 1.49. The molecule has 0 amide bonds. The van der Waals surface area contributed by atoms with E-state index in [2.05, 4.69) is 21.4 Å². The van der Waals surface area contributed by atoms with Crippen molar-refractivity contribution < 1.29 is 13.2 Å². The Bertz CT molecular complexity index is 1310. The monoisotopic (exact) mass is 429 g/mol. The standard InChI is InChI=1S/C20H23N5O4S/c1-12-9-17-13(3-6-29-17)10-15(12)22-19-21-11-16-18(23-19)25(20(26)24(16)2)14-4-7-30(27,28)8-5-14/h9-11,14H,3-8H2,1-2H3,(H,21,22,23). The number of aromatic nitrogens is 4. The summed E-state index contributed by atoms with van der Waals surface area (Å²) in [5.41, 5.74) is 4.00. The van der Waals surface area contributed by atoms with Crippen LogP contribution >= 0.6 is 0 Å². The lowest BCUT2D eigenvalue weighted by molar-refractivity contribution is 0.356. The lowest BCUT2D eigenvalue weighted by Gasteiger charge is -2.22. The molecule has 0 radical (unpaired) electrons. The highest BCUT2D eigenvalue weighted by atomic mass is 32.2. The minimum Gasteiger partial charge on any atom is -0.493 e. The Morgan fingerprint density at radius 1 is 1.23 bits per heavy atom. The molecule has 0 saturated carbocycles. The van der Waals surface area contributed by atoms with Gasteiger partial charge >= 0.3 is 5.69 Å². The maximum atomic E-state index is 12.9. The summed E-state index contributed by atoms with van der Waals surface area (Å²) in [6, 6.07) is 3.87. The van der Waals surface area contributed by atoms with Crippen molar-refractivity contribution in [2.24, 2.45) is 7.05 Å². The summed E-state index contributed by atoms with van der Waals surface area (Å²) < 4.78 is 32.4. The third-order valence-electron chi connectivity index (χ3n) is 6.00. The van der Waals surface area contributed by atoms with Crippen molar-refractivity contribution >= 4 is 32.6 Å². The first-order chi connectivity index (χ1) is 14.3. The second kappa shape index (κ2) is 6.83. The van der Waals surface area contributed by atoms with Gasteiger partial charge in [-0.2, -0.15) is 4.98 Å². The molecule has 0 aliphatic carbocycles. The lowest BCUT2D eigenvalue weighted by Crippen LogP contribution is -2.32. The van der Waals surface area contributed by atoms with Gasteiger partial charge in [-0.15, -0.1) is 0 Å². The molecule has 0 spiro atoms. The predicted octanol–water partition coefficient (Wildman–Crippen LogP) is 1.87. The summed E-state index contributed by atoms with van der Waals surface area (Å²) in [7, 11) is -1.34. The first kappa shape index (κ1) is 19.1. The molecule has 1 saturated heterocycles. The Balaban J connectivity index is 1.54. The van der Waals surface area contributed by atoms with Crippen molar-refractivity contribution in [3.8, 4) is 5.75 Å². The average molecular weight is 430 g/mol. The fourth-order valence-electron chi connectivity index (χ4n) is 4.24. The SMILES string of the molecule is Cc1cc2c(cc1Nc1ncc3c(n1)n(C1CCS(=O)(=O)CC1)c(=O)n3C)CCO2. The van der Waals surface area contributed by atoms with Crippen LogP contribution in [0.3, 0.4) is 0 Å². The van der Waals surface area contributed by atoms with Gasteiger partial charge in [0.2, 0.25) is 5.95 Å². The molecule has 0 unspecified atom stereocenters. The highest BCUT2D eigenvalue weighted by Crippen LogP contribution is 2.32. The summed E-state index contributed by atoms with van der Waals surface area (Å²) in [6.07, 6.45) is 3.33.